The van der Waals surface area contributed by atoms with Crippen LogP contribution in [0.25, 0.3) is 0 Å². The Kier molecular flexibility index (Phi) is 3.88. The van der Waals surface area contributed by atoms with Crippen molar-refractivity contribution < 1.29 is 30.3 Å². The molecule has 1 heterocycles. The highest BCUT2D eigenvalue weighted by molar-refractivity contribution is 6.11. The normalized spacial score (nSPS) is 46.2. The minimum atomic E-state index is -1.42. The SMILES string of the molecule is BC(O)C1OC(CO)C(O)C(O)C1O. The molecule has 0 aliphatic carbocycles. The van der Waals surface area contributed by atoms with Gasteiger partial charge < -0.3 is 30.3 Å². The second-order valence-corrected chi connectivity index (χ2v) is 3.53. The zero-order valence-corrected chi connectivity index (χ0v) is 7.82. The Hall–Kier alpha value is -0.175. The van der Waals surface area contributed by atoms with Crippen LogP contribution >= 0.6 is 0 Å². The van der Waals surface area contributed by atoms with Crippen molar-refractivity contribution in [3.05, 3.63) is 0 Å². The third-order valence-corrected chi connectivity index (χ3v) is 2.40. The Morgan fingerprint density at radius 2 is 1.71 bits per heavy atom. The number of hydrogen-bond donors (Lipinski definition) is 5. The molecule has 0 amide bonds. The van der Waals surface area contributed by atoms with Crippen molar-refractivity contribution in [2.24, 2.45) is 0 Å². The van der Waals surface area contributed by atoms with E-state index in [-0.39, 0.29) is 0 Å². The Bertz CT molecular complexity index is 187. The molecule has 1 aliphatic rings. The predicted molar refractivity (Wildman–Crippen MR) is 48.3 cm³/mol. The lowest BCUT2D eigenvalue weighted by Crippen LogP contribution is -2.61. The second-order valence-electron chi connectivity index (χ2n) is 3.53. The molecule has 0 aromatic carbocycles. The van der Waals surface area contributed by atoms with Crippen molar-refractivity contribution in [1.82, 2.24) is 0 Å². The topological polar surface area (TPSA) is 110 Å². The number of ether oxygens (including phenoxy) is 1. The highest BCUT2D eigenvalue weighted by Crippen LogP contribution is 2.22. The third kappa shape index (κ3) is 2.08. The summed E-state index contributed by atoms with van der Waals surface area (Å²) < 4.78 is 5.03. The van der Waals surface area contributed by atoms with E-state index in [4.69, 9.17) is 9.84 Å². The molecule has 1 fully saturated rings. The van der Waals surface area contributed by atoms with Crippen LogP contribution in [-0.4, -0.2) is 76.5 Å². The zero-order chi connectivity index (χ0) is 10.9. The van der Waals surface area contributed by atoms with Crippen LogP contribution in [0.1, 0.15) is 0 Å². The fraction of sp³-hybridized carbons (Fsp3) is 1.00. The largest absolute Gasteiger partial charge is 0.399 e. The van der Waals surface area contributed by atoms with Crippen LogP contribution in [0.2, 0.25) is 0 Å². The molecule has 1 saturated heterocycles. The Balaban J connectivity index is 2.73. The van der Waals surface area contributed by atoms with Crippen molar-refractivity contribution in [3.8, 4) is 0 Å². The molecule has 7 heteroatoms. The van der Waals surface area contributed by atoms with Crippen LogP contribution in [0.15, 0.2) is 0 Å². The fourth-order valence-corrected chi connectivity index (χ4v) is 1.53. The minimum Gasteiger partial charge on any atom is -0.399 e. The molecule has 0 aromatic rings. The first-order chi connectivity index (χ1) is 6.49. The molecule has 0 bridgehead atoms. The molecule has 1 aliphatic heterocycles. The molecule has 14 heavy (non-hydrogen) atoms. The van der Waals surface area contributed by atoms with Gasteiger partial charge in [-0.05, 0) is 0 Å². The van der Waals surface area contributed by atoms with Gasteiger partial charge in [0.25, 0.3) is 0 Å². The lowest BCUT2D eigenvalue weighted by Gasteiger charge is -2.41. The first kappa shape index (κ1) is 11.9. The van der Waals surface area contributed by atoms with Crippen LogP contribution in [0.5, 0.6) is 0 Å². The summed E-state index contributed by atoms with van der Waals surface area (Å²) in [7, 11) is 1.40. The molecule has 0 aromatic heterocycles. The standard InChI is InChI=1S/C7H15BO6/c8-7(13)6-5(12)4(11)3(10)2(1-9)14-6/h2-7,9-13H,1,8H2. The Morgan fingerprint density at radius 1 is 1.14 bits per heavy atom. The summed E-state index contributed by atoms with van der Waals surface area (Å²) in [6.07, 6.45) is -6.09. The van der Waals surface area contributed by atoms with E-state index < -0.39 is 43.1 Å². The summed E-state index contributed by atoms with van der Waals surface area (Å²) >= 11 is 0. The zero-order valence-electron chi connectivity index (χ0n) is 7.82. The van der Waals surface area contributed by atoms with E-state index >= 15 is 0 Å². The molecule has 0 spiro atoms. The van der Waals surface area contributed by atoms with E-state index in [2.05, 4.69) is 0 Å². The minimum absolute atomic E-state index is 0.478. The maximum absolute atomic E-state index is 9.41. The van der Waals surface area contributed by atoms with Crippen LogP contribution in [0, 0.1) is 0 Å². The first-order valence-corrected chi connectivity index (χ1v) is 4.47. The molecule has 82 valence electrons. The van der Waals surface area contributed by atoms with Gasteiger partial charge >= 0.3 is 0 Å². The lowest BCUT2D eigenvalue weighted by atomic mass is 9.85. The summed E-state index contributed by atoms with van der Waals surface area (Å²) in [5, 5.41) is 46.1. The van der Waals surface area contributed by atoms with E-state index in [1.54, 1.807) is 0 Å². The van der Waals surface area contributed by atoms with Crippen LogP contribution < -0.4 is 0 Å². The highest BCUT2D eigenvalue weighted by atomic mass is 16.6. The quantitative estimate of drug-likeness (QED) is 0.293. The molecule has 6 atom stereocenters. The Labute approximate surface area is 82.2 Å². The van der Waals surface area contributed by atoms with Crippen LogP contribution in [0.3, 0.4) is 0 Å². The van der Waals surface area contributed by atoms with E-state index in [9.17, 15) is 20.4 Å². The number of aliphatic hydroxyl groups is 5. The summed E-state index contributed by atoms with van der Waals surface area (Å²) in [6, 6.07) is -0.985. The third-order valence-electron chi connectivity index (χ3n) is 2.40. The van der Waals surface area contributed by atoms with Gasteiger partial charge in [-0.25, -0.2) is 0 Å². The monoisotopic (exact) mass is 206 g/mol. The van der Waals surface area contributed by atoms with Crippen molar-refractivity contribution in [1.29, 1.82) is 0 Å². The summed E-state index contributed by atoms with van der Waals surface area (Å²) in [4.78, 5) is 0. The first-order valence-electron chi connectivity index (χ1n) is 4.47. The molecule has 1 rings (SSSR count). The van der Waals surface area contributed by atoms with Gasteiger partial charge in [-0.1, -0.05) is 0 Å². The van der Waals surface area contributed by atoms with E-state index in [1.165, 1.54) is 7.85 Å². The number of hydrogen-bond acceptors (Lipinski definition) is 6. The smallest absolute Gasteiger partial charge is 0.142 e. The predicted octanol–water partition coefficient (Wildman–Crippen LogP) is -4.22. The van der Waals surface area contributed by atoms with Crippen LogP contribution in [-0.2, 0) is 4.74 Å². The van der Waals surface area contributed by atoms with Crippen molar-refractivity contribution in [3.63, 3.8) is 0 Å². The summed E-state index contributed by atoms with van der Waals surface area (Å²) in [5.41, 5.74) is 0. The van der Waals surface area contributed by atoms with E-state index in [0.717, 1.165) is 0 Å². The van der Waals surface area contributed by atoms with Gasteiger partial charge in [-0.15, -0.1) is 0 Å². The second kappa shape index (κ2) is 4.56. The molecule has 0 saturated carbocycles. The van der Waals surface area contributed by atoms with Gasteiger partial charge in [-0.3, -0.25) is 0 Å². The average molecular weight is 206 g/mol. The number of aliphatic hydroxyl groups excluding tert-OH is 5. The molecule has 5 N–H and O–H groups in total. The maximum Gasteiger partial charge on any atom is 0.142 e. The van der Waals surface area contributed by atoms with E-state index in [1.807, 2.05) is 0 Å². The molecular formula is C7H15BO6. The highest BCUT2D eigenvalue weighted by Gasteiger charge is 2.44. The molecule has 6 nitrogen and oxygen atoms in total. The van der Waals surface area contributed by atoms with Crippen LogP contribution in [0.4, 0.5) is 0 Å². The van der Waals surface area contributed by atoms with Crippen molar-refractivity contribution >= 4 is 7.85 Å². The van der Waals surface area contributed by atoms with Gasteiger partial charge in [-0.2, -0.15) is 0 Å². The lowest BCUT2D eigenvalue weighted by molar-refractivity contribution is -0.240. The number of rotatable bonds is 2. The van der Waals surface area contributed by atoms with E-state index in [0.29, 0.717) is 0 Å². The van der Waals surface area contributed by atoms with Crippen molar-refractivity contribution in [2.45, 2.75) is 36.5 Å². The average Bonchev–Trinajstić information content (AvgIpc) is 2.14. The van der Waals surface area contributed by atoms with Gasteiger partial charge in [0.05, 0.1) is 6.61 Å². The molecule has 6 unspecified atom stereocenters. The van der Waals surface area contributed by atoms with Crippen molar-refractivity contribution in [2.75, 3.05) is 6.61 Å². The fourth-order valence-electron chi connectivity index (χ4n) is 1.53. The molecular weight excluding hydrogens is 191 g/mol. The summed E-state index contributed by atoms with van der Waals surface area (Å²) in [5.74, 6) is 0. The van der Waals surface area contributed by atoms with Gasteiger partial charge in [0.1, 0.15) is 38.4 Å². The van der Waals surface area contributed by atoms with Gasteiger partial charge in [0.15, 0.2) is 0 Å². The molecule has 0 radical (unpaired) electrons. The summed E-state index contributed by atoms with van der Waals surface area (Å²) in [6.45, 7) is -0.478. The maximum atomic E-state index is 9.41. The van der Waals surface area contributed by atoms with Gasteiger partial charge in [0.2, 0.25) is 0 Å². The Morgan fingerprint density at radius 3 is 2.14 bits per heavy atom. The van der Waals surface area contributed by atoms with Gasteiger partial charge in [0, 0.05) is 6.00 Å².